The molecular weight excluding hydrogens is 368 g/mol. The summed E-state index contributed by atoms with van der Waals surface area (Å²) in [6.45, 7) is 2.16. The van der Waals surface area contributed by atoms with Crippen molar-refractivity contribution >= 4 is 23.3 Å². The number of anilines is 1. The number of carbonyl (C=O) groups excluding carboxylic acids is 3. The summed E-state index contributed by atoms with van der Waals surface area (Å²) in [6.07, 6.45) is 6.96. The van der Waals surface area contributed by atoms with Crippen LogP contribution >= 0.6 is 0 Å². The lowest BCUT2D eigenvalue weighted by Gasteiger charge is -2.17. The van der Waals surface area contributed by atoms with Gasteiger partial charge in [-0.15, -0.1) is 0 Å². The lowest BCUT2D eigenvalue weighted by molar-refractivity contribution is 0.0931. The van der Waals surface area contributed by atoms with E-state index < -0.39 is 0 Å². The van der Waals surface area contributed by atoms with Crippen LogP contribution in [0, 0.1) is 0 Å². The van der Waals surface area contributed by atoms with Gasteiger partial charge in [-0.25, -0.2) is 4.98 Å². The summed E-state index contributed by atoms with van der Waals surface area (Å²) in [4.78, 5) is 41.8. The summed E-state index contributed by atoms with van der Waals surface area (Å²) in [7, 11) is 0. The molecular formula is C22H26N4O3. The van der Waals surface area contributed by atoms with Crippen LogP contribution in [0.2, 0.25) is 0 Å². The molecule has 0 radical (unpaired) electrons. The fourth-order valence-electron chi connectivity index (χ4n) is 4.23. The highest BCUT2D eigenvalue weighted by Crippen LogP contribution is 2.24. The van der Waals surface area contributed by atoms with E-state index in [0.717, 1.165) is 50.6 Å². The van der Waals surface area contributed by atoms with Crippen LogP contribution in [0.15, 0.2) is 24.3 Å². The van der Waals surface area contributed by atoms with Gasteiger partial charge in [-0.1, -0.05) is 25.0 Å². The molecule has 1 aliphatic carbocycles. The zero-order valence-corrected chi connectivity index (χ0v) is 16.7. The normalized spacial score (nSPS) is 16.3. The summed E-state index contributed by atoms with van der Waals surface area (Å²) in [5.74, 6) is -0.358. The number of fused-ring (bicyclic) bond motifs is 1. The van der Waals surface area contributed by atoms with Crippen molar-refractivity contribution in [3.8, 4) is 0 Å². The van der Waals surface area contributed by atoms with Crippen molar-refractivity contribution in [2.75, 3.05) is 5.32 Å². The molecule has 0 spiro atoms. The Labute approximate surface area is 169 Å². The van der Waals surface area contributed by atoms with Crippen molar-refractivity contribution in [3.63, 3.8) is 0 Å². The van der Waals surface area contributed by atoms with E-state index in [9.17, 15) is 14.4 Å². The van der Waals surface area contributed by atoms with Crippen LogP contribution < -0.4 is 10.6 Å². The first kappa shape index (κ1) is 19.4. The molecule has 29 heavy (non-hydrogen) atoms. The Morgan fingerprint density at radius 2 is 1.86 bits per heavy atom. The second kappa shape index (κ2) is 8.19. The first-order valence-electron chi connectivity index (χ1n) is 10.4. The summed E-state index contributed by atoms with van der Waals surface area (Å²) >= 11 is 0. The number of benzene rings is 1. The van der Waals surface area contributed by atoms with Crippen molar-refractivity contribution in [1.82, 2.24) is 14.9 Å². The number of carbonyl (C=O) groups is 3. The van der Waals surface area contributed by atoms with E-state index in [4.69, 9.17) is 0 Å². The van der Waals surface area contributed by atoms with Gasteiger partial charge in [0.1, 0.15) is 5.69 Å². The predicted molar refractivity (Wildman–Crippen MR) is 109 cm³/mol. The van der Waals surface area contributed by atoms with Crippen LogP contribution in [-0.4, -0.2) is 33.2 Å². The Hall–Kier alpha value is -2.96. The molecule has 2 aliphatic rings. The quantitative estimate of drug-likeness (QED) is 0.761. The number of Topliss-reactive ketones (excluding diaryl/α,β-unsaturated/α-hetero) is 1. The van der Waals surface area contributed by atoms with Crippen LogP contribution in [0.5, 0.6) is 0 Å². The van der Waals surface area contributed by atoms with E-state index in [1.54, 1.807) is 24.3 Å². The van der Waals surface area contributed by atoms with Gasteiger partial charge in [0.2, 0.25) is 0 Å². The van der Waals surface area contributed by atoms with Crippen LogP contribution in [0.3, 0.4) is 0 Å². The number of rotatable bonds is 5. The fourth-order valence-corrected chi connectivity index (χ4v) is 4.23. The Kier molecular flexibility index (Phi) is 5.47. The summed E-state index contributed by atoms with van der Waals surface area (Å²) in [6, 6.07) is 7.02. The van der Waals surface area contributed by atoms with Crippen LogP contribution in [0.25, 0.3) is 0 Å². The smallest absolute Gasteiger partial charge is 0.291 e. The maximum absolute atomic E-state index is 12.9. The van der Waals surface area contributed by atoms with Gasteiger partial charge in [0, 0.05) is 23.8 Å². The van der Waals surface area contributed by atoms with E-state index in [1.807, 2.05) is 4.57 Å². The van der Waals surface area contributed by atoms with Gasteiger partial charge in [-0.05, 0) is 51.2 Å². The van der Waals surface area contributed by atoms with E-state index in [-0.39, 0.29) is 29.5 Å². The number of imidazole rings is 1. The number of hydrogen-bond acceptors (Lipinski definition) is 4. The van der Waals surface area contributed by atoms with Gasteiger partial charge in [0.05, 0.1) is 5.69 Å². The van der Waals surface area contributed by atoms with Crippen molar-refractivity contribution in [2.24, 2.45) is 0 Å². The number of hydrogen-bond donors (Lipinski definition) is 2. The van der Waals surface area contributed by atoms with Crippen LogP contribution in [0.4, 0.5) is 5.69 Å². The number of amides is 2. The first-order valence-corrected chi connectivity index (χ1v) is 10.4. The second-order valence-corrected chi connectivity index (χ2v) is 7.89. The number of nitrogens with zero attached hydrogens (tertiary/aromatic N) is 2. The van der Waals surface area contributed by atoms with Gasteiger partial charge in [-0.2, -0.15) is 0 Å². The highest BCUT2D eigenvalue weighted by molar-refractivity contribution is 6.04. The maximum atomic E-state index is 12.9. The largest absolute Gasteiger partial charge is 0.348 e. The lowest BCUT2D eigenvalue weighted by atomic mass is 10.1. The van der Waals surface area contributed by atoms with Crippen LogP contribution in [-0.2, 0) is 13.0 Å². The number of aromatic nitrogens is 2. The molecule has 0 bridgehead atoms. The minimum absolute atomic E-state index is 0.0647. The minimum atomic E-state index is -0.367. The number of ketones is 1. The third kappa shape index (κ3) is 4.09. The zero-order valence-electron chi connectivity index (χ0n) is 16.7. The highest BCUT2D eigenvalue weighted by atomic mass is 16.2. The predicted octanol–water partition coefficient (Wildman–Crippen LogP) is 3.35. The monoisotopic (exact) mass is 394 g/mol. The number of nitrogens with one attached hydrogen (secondary N) is 2. The van der Waals surface area contributed by atoms with Gasteiger partial charge in [0.15, 0.2) is 11.6 Å². The molecule has 1 aliphatic heterocycles. The molecule has 1 fully saturated rings. The SMILES string of the molecule is CC(=O)c1cccc(NC(=O)c2nc(C(=O)NC3CCCC3)c3n2CCCC3)c1. The van der Waals surface area contributed by atoms with Gasteiger partial charge < -0.3 is 15.2 Å². The summed E-state index contributed by atoms with van der Waals surface area (Å²) in [5.41, 5.74) is 2.28. The topological polar surface area (TPSA) is 93.1 Å². The third-order valence-electron chi connectivity index (χ3n) is 5.75. The third-order valence-corrected chi connectivity index (χ3v) is 5.75. The molecule has 0 unspecified atom stereocenters. The molecule has 7 nitrogen and oxygen atoms in total. The van der Waals surface area contributed by atoms with Gasteiger partial charge in [0.25, 0.3) is 11.8 Å². The van der Waals surface area contributed by atoms with E-state index in [2.05, 4.69) is 15.6 Å². The Balaban J connectivity index is 1.59. The molecule has 2 aromatic rings. The molecule has 152 valence electrons. The average Bonchev–Trinajstić information content (AvgIpc) is 3.35. The van der Waals surface area contributed by atoms with Gasteiger partial charge >= 0.3 is 0 Å². The molecule has 2 amide bonds. The molecule has 0 saturated heterocycles. The molecule has 1 aromatic carbocycles. The van der Waals surface area contributed by atoms with Crippen molar-refractivity contribution in [2.45, 2.75) is 64.5 Å². The average molecular weight is 394 g/mol. The van der Waals surface area contributed by atoms with Crippen molar-refractivity contribution < 1.29 is 14.4 Å². The highest BCUT2D eigenvalue weighted by Gasteiger charge is 2.29. The molecule has 2 heterocycles. The van der Waals surface area contributed by atoms with E-state index >= 15 is 0 Å². The van der Waals surface area contributed by atoms with E-state index in [1.165, 1.54) is 6.92 Å². The van der Waals surface area contributed by atoms with Crippen molar-refractivity contribution in [3.05, 3.63) is 47.0 Å². The molecule has 2 N–H and O–H groups in total. The Morgan fingerprint density at radius 1 is 1.07 bits per heavy atom. The fraction of sp³-hybridized carbons (Fsp3) is 0.455. The Morgan fingerprint density at radius 3 is 2.62 bits per heavy atom. The minimum Gasteiger partial charge on any atom is -0.348 e. The summed E-state index contributed by atoms with van der Waals surface area (Å²) < 4.78 is 1.87. The molecule has 1 saturated carbocycles. The standard InChI is InChI=1S/C22H26N4O3/c1-14(27)15-7-6-10-17(13-15)24-22(29)20-25-19(18-11-4-5-12-26(18)20)21(28)23-16-8-2-3-9-16/h6-7,10,13,16H,2-5,8-9,11-12H2,1H3,(H,23,28)(H,24,29). The molecule has 4 rings (SSSR count). The van der Waals surface area contributed by atoms with E-state index in [0.29, 0.717) is 23.5 Å². The van der Waals surface area contributed by atoms with Gasteiger partial charge in [-0.3, -0.25) is 14.4 Å². The maximum Gasteiger partial charge on any atom is 0.291 e. The van der Waals surface area contributed by atoms with Crippen LogP contribution in [0.1, 0.15) is 82.6 Å². The van der Waals surface area contributed by atoms with Crippen molar-refractivity contribution in [1.29, 1.82) is 0 Å². The second-order valence-electron chi connectivity index (χ2n) is 7.89. The molecule has 0 atom stereocenters. The molecule has 7 heteroatoms. The zero-order chi connectivity index (χ0) is 20.4. The first-order chi connectivity index (χ1) is 14.0. The molecule has 1 aromatic heterocycles. The summed E-state index contributed by atoms with van der Waals surface area (Å²) in [5, 5.41) is 5.91. The Bertz CT molecular complexity index is 957. The lowest BCUT2D eigenvalue weighted by Crippen LogP contribution is -2.33.